The van der Waals surface area contributed by atoms with Gasteiger partial charge in [0.2, 0.25) is 5.78 Å². The van der Waals surface area contributed by atoms with Crippen LogP contribution in [-0.4, -0.2) is 29.9 Å². The molecule has 0 fully saturated rings. The van der Waals surface area contributed by atoms with Crippen LogP contribution in [-0.2, 0) is 0 Å². The molecule has 3 rings (SSSR count). The molecule has 0 aliphatic heterocycles. The van der Waals surface area contributed by atoms with Crippen LogP contribution in [0.4, 0.5) is 0 Å². The maximum atomic E-state index is 12.9. The number of rotatable bonds is 4. The summed E-state index contributed by atoms with van der Waals surface area (Å²) in [6, 6.07) is 6.26. The SMILES string of the molecule is CCOc1cc(OCC)c2c(c1)C(=O)c1cc(C)cc(O)c1C2=O. The Hall–Kier alpha value is -2.82. The quantitative estimate of drug-likeness (QED) is 0.796. The first-order chi connectivity index (χ1) is 11.5. The highest BCUT2D eigenvalue weighted by Crippen LogP contribution is 2.39. The van der Waals surface area contributed by atoms with Gasteiger partial charge in [-0.2, -0.15) is 0 Å². The van der Waals surface area contributed by atoms with E-state index in [1.165, 1.54) is 6.07 Å². The van der Waals surface area contributed by atoms with Crippen molar-refractivity contribution in [2.75, 3.05) is 13.2 Å². The van der Waals surface area contributed by atoms with Crippen LogP contribution >= 0.6 is 0 Å². The predicted molar refractivity (Wildman–Crippen MR) is 88.5 cm³/mol. The first kappa shape index (κ1) is 16.1. The molecule has 5 nitrogen and oxygen atoms in total. The second-order valence-electron chi connectivity index (χ2n) is 5.57. The van der Waals surface area contributed by atoms with Crippen molar-refractivity contribution >= 4 is 11.6 Å². The molecule has 0 unspecified atom stereocenters. The smallest absolute Gasteiger partial charge is 0.201 e. The summed E-state index contributed by atoms with van der Waals surface area (Å²) in [4.78, 5) is 25.8. The van der Waals surface area contributed by atoms with E-state index in [9.17, 15) is 14.7 Å². The average molecular weight is 326 g/mol. The summed E-state index contributed by atoms with van der Waals surface area (Å²) in [5.74, 6) is -0.154. The maximum Gasteiger partial charge on any atom is 0.201 e. The predicted octanol–water partition coefficient (Wildman–Crippen LogP) is 3.27. The number of hydrogen-bond donors (Lipinski definition) is 1. The molecule has 124 valence electrons. The molecule has 0 saturated carbocycles. The van der Waals surface area contributed by atoms with Crippen molar-refractivity contribution in [3.63, 3.8) is 0 Å². The van der Waals surface area contributed by atoms with Gasteiger partial charge in [0, 0.05) is 17.2 Å². The highest BCUT2D eigenvalue weighted by Gasteiger charge is 2.35. The molecular weight excluding hydrogens is 308 g/mol. The lowest BCUT2D eigenvalue weighted by atomic mass is 9.82. The number of carbonyl (C=O) groups is 2. The van der Waals surface area contributed by atoms with Crippen LogP contribution in [0, 0.1) is 6.92 Å². The van der Waals surface area contributed by atoms with Gasteiger partial charge in [0.25, 0.3) is 0 Å². The zero-order valence-electron chi connectivity index (χ0n) is 13.8. The minimum atomic E-state index is -0.413. The maximum absolute atomic E-state index is 12.9. The Kier molecular flexibility index (Phi) is 4.01. The molecule has 0 spiro atoms. The second-order valence-corrected chi connectivity index (χ2v) is 5.57. The molecule has 0 atom stereocenters. The molecule has 1 aliphatic carbocycles. The molecular formula is C19H18O5. The molecule has 0 saturated heterocycles. The molecule has 1 aliphatic rings. The Morgan fingerprint density at radius 3 is 2.21 bits per heavy atom. The van der Waals surface area contributed by atoms with E-state index in [4.69, 9.17) is 9.47 Å². The van der Waals surface area contributed by atoms with Crippen LogP contribution in [0.1, 0.15) is 51.3 Å². The number of benzene rings is 2. The summed E-state index contributed by atoms with van der Waals surface area (Å²) in [5.41, 5.74) is 1.37. The number of phenolic OH excluding ortho intramolecular Hbond substituents is 1. The molecule has 5 heteroatoms. The first-order valence-electron chi connectivity index (χ1n) is 7.84. The normalized spacial score (nSPS) is 12.6. The Bertz CT molecular complexity index is 851. The average Bonchev–Trinajstić information content (AvgIpc) is 2.52. The van der Waals surface area contributed by atoms with Gasteiger partial charge in [-0.05, 0) is 44.5 Å². The third kappa shape index (κ3) is 2.42. The lowest BCUT2D eigenvalue weighted by Crippen LogP contribution is -2.22. The lowest BCUT2D eigenvalue weighted by Gasteiger charge is -2.22. The van der Waals surface area contributed by atoms with Crippen molar-refractivity contribution in [2.45, 2.75) is 20.8 Å². The number of ketones is 2. The fraction of sp³-hybridized carbons (Fsp3) is 0.263. The van der Waals surface area contributed by atoms with Gasteiger partial charge in [-0.25, -0.2) is 0 Å². The van der Waals surface area contributed by atoms with Gasteiger partial charge in [-0.3, -0.25) is 9.59 Å². The number of hydrogen-bond acceptors (Lipinski definition) is 5. The molecule has 24 heavy (non-hydrogen) atoms. The minimum Gasteiger partial charge on any atom is -0.507 e. The van der Waals surface area contributed by atoms with Crippen LogP contribution in [0.2, 0.25) is 0 Å². The molecule has 0 heterocycles. The molecule has 0 amide bonds. The zero-order chi connectivity index (χ0) is 17.4. The summed E-state index contributed by atoms with van der Waals surface area (Å²) in [6.45, 7) is 6.17. The summed E-state index contributed by atoms with van der Waals surface area (Å²) < 4.78 is 11.0. The highest BCUT2D eigenvalue weighted by molar-refractivity contribution is 6.30. The number of ether oxygens (including phenoxy) is 2. The monoisotopic (exact) mass is 326 g/mol. The lowest BCUT2D eigenvalue weighted by molar-refractivity contribution is 0.0973. The fourth-order valence-electron chi connectivity index (χ4n) is 2.98. The fourth-order valence-corrected chi connectivity index (χ4v) is 2.98. The molecule has 1 N–H and O–H groups in total. The van der Waals surface area contributed by atoms with Crippen LogP contribution in [0.5, 0.6) is 17.2 Å². The number of carbonyl (C=O) groups excluding carboxylic acids is 2. The van der Waals surface area contributed by atoms with Gasteiger partial charge in [0.05, 0.1) is 24.3 Å². The Balaban J connectivity index is 2.28. The topological polar surface area (TPSA) is 72.8 Å². The van der Waals surface area contributed by atoms with Crippen molar-refractivity contribution < 1.29 is 24.2 Å². The van der Waals surface area contributed by atoms with Crippen molar-refractivity contribution in [2.24, 2.45) is 0 Å². The van der Waals surface area contributed by atoms with Gasteiger partial charge >= 0.3 is 0 Å². The molecule has 2 aromatic rings. The van der Waals surface area contributed by atoms with Gasteiger partial charge in [-0.1, -0.05) is 0 Å². The van der Waals surface area contributed by atoms with E-state index in [1.807, 2.05) is 6.92 Å². The van der Waals surface area contributed by atoms with Crippen molar-refractivity contribution in [3.8, 4) is 17.2 Å². The van der Waals surface area contributed by atoms with E-state index in [0.717, 1.165) is 0 Å². The summed E-state index contributed by atoms with van der Waals surface area (Å²) in [7, 11) is 0. The van der Waals surface area contributed by atoms with Gasteiger partial charge in [0.15, 0.2) is 5.78 Å². The molecule has 0 aromatic heterocycles. The van der Waals surface area contributed by atoms with Crippen molar-refractivity contribution in [1.29, 1.82) is 0 Å². The minimum absolute atomic E-state index is 0.0308. The van der Waals surface area contributed by atoms with Crippen LogP contribution in [0.25, 0.3) is 0 Å². The van der Waals surface area contributed by atoms with E-state index in [1.54, 1.807) is 32.0 Å². The van der Waals surface area contributed by atoms with Crippen LogP contribution in [0.15, 0.2) is 24.3 Å². The largest absolute Gasteiger partial charge is 0.507 e. The summed E-state index contributed by atoms with van der Waals surface area (Å²) >= 11 is 0. The van der Waals surface area contributed by atoms with Crippen LogP contribution in [0.3, 0.4) is 0 Å². The van der Waals surface area contributed by atoms with E-state index in [-0.39, 0.29) is 33.8 Å². The second kappa shape index (κ2) is 6.00. The van der Waals surface area contributed by atoms with Gasteiger partial charge in [-0.15, -0.1) is 0 Å². The Morgan fingerprint density at radius 1 is 0.875 bits per heavy atom. The third-order valence-electron chi connectivity index (χ3n) is 3.89. The molecule has 0 bridgehead atoms. The Labute approximate surface area is 139 Å². The zero-order valence-corrected chi connectivity index (χ0v) is 13.8. The van der Waals surface area contributed by atoms with Gasteiger partial charge in [0.1, 0.15) is 17.2 Å². The number of aromatic hydroxyl groups is 1. The van der Waals surface area contributed by atoms with Crippen molar-refractivity contribution in [1.82, 2.24) is 0 Å². The standard InChI is InChI=1S/C19H18O5/c1-4-23-11-8-13-17(15(9-11)24-5-2)19(22)16-12(18(13)21)6-10(3)7-14(16)20/h6-9,20H,4-5H2,1-3H3. The summed E-state index contributed by atoms with van der Waals surface area (Å²) in [5, 5.41) is 10.2. The van der Waals surface area contributed by atoms with Gasteiger partial charge < -0.3 is 14.6 Å². The van der Waals surface area contributed by atoms with E-state index >= 15 is 0 Å². The van der Waals surface area contributed by atoms with Crippen molar-refractivity contribution in [3.05, 3.63) is 52.1 Å². The third-order valence-corrected chi connectivity index (χ3v) is 3.89. The van der Waals surface area contributed by atoms with E-state index in [2.05, 4.69) is 0 Å². The number of aryl methyl sites for hydroxylation is 1. The molecule has 0 radical (unpaired) electrons. The van der Waals surface area contributed by atoms with E-state index in [0.29, 0.717) is 30.3 Å². The Morgan fingerprint density at radius 2 is 1.54 bits per heavy atom. The number of phenols is 1. The summed E-state index contributed by atoms with van der Waals surface area (Å²) in [6.07, 6.45) is 0. The number of fused-ring (bicyclic) bond motifs is 2. The highest BCUT2D eigenvalue weighted by atomic mass is 16.5. The van der Waals surface area contributed by atoms with E-state index < -0.39 is 5.78 Å². The molecule has 2 aromatic carbocycles. The first-order valence-corrected chi connectivity index (χ1v) is 7.84. The van der Waals surface area contributed by atoms with Crippen LogP contribution < -0.4 is 9.47 Å².